The Balaban J connectivity index is 1.93. The topological polar surface area (TPSA) is 103 Å². The first kappa shape index (κ1) is 23.5. The normalized spacial score (nSPS) is 18.1. The molecular formula is C21H30N2O7. The first-order valence-electron chi connectivity index (χ1n) is 10.00. The fourth-order valence-corrected chi connectivity index (χ4v) is 3.05. The van der Waals surface area contributed by atoms with Gasteiger partial charge in [-0.05, 0) is 38.0 Å². The number of hydrogen-bond donors (Lipinski definition) is 1. The molecular weight excluding hydrogens is 392 g/mol. The highest BCUT2D eigenvalue weighted by atomic mass is 16.5. The van der Waals surface area contributed by atoms with Crippen molar-refractivity contribution in [2.45, 2.75) is 45.3 Å². The molecule has 0 saturated carbocycles. The van der Waals surface area contributed by atoms with Crippen LogP contribution in [0.15, 0.2) is 18.2 Å². The highest BCUT2D eigenvalue weighted by molar-refractivity contribution is 5.89. The second-order valence-corrected chi connectivity index (χ2v) is 6.82. The molecule has 1 aromatic rings. The first-order chi connectivity index (χ1) is 14.4. The molecule has 0 aromatic heterocycles. The second-order valence-electron chi connectivity index (χ2n) is 6.82. The average Bonchev–Trinajstić information content (AvgIpc) is 3.50. The van der Waals surface area contributed by atoms with E-state index in [0.717, 1.165) is 5.56 Å². The minimum absolute atomic E-state index is 0.0234. The number of nitrogens with zero attached hydrogens (tertiary/aromatic N) is 1. The number of benzene rings is 1. The van der Waals surface area contributed by atoms with E-state index in [-0.39, 0.29) is 38.0 Å². The smallest absolute Gasteiger partial charge is 0.328 e. The summed E-state index contributed by atoms with van der Waals surface area (Å²) in [6, 6.07) is 4.32. The summed E-state index contributed by atoms with van der Waals surface area (Å²) < 4.78 is 20.5. The fraction of sp³-hybridized carbons (Fsp3) is 0.571. The van der Waals surface area contributed by atoms with Crippen LogP contribution in [0.4, 0.5) is 0 Å². The minimum atomic E-state index is -0.888. The summed E-state index contributed by atoms with van der Waals surface area (Å²) in [6.07, 6.45) is 0.152. The highest BCUT2D eigenvalue weighted by Crippen LogP contribution is 2.27. The zero-order valence-corrected chi connectivity index (χ0v) is 17.9. The molecule has 0 radical (unpaired) electrons. The van der Waals surface area contributed by atoms with Crippen LogP contribution in [0.25, 0.3) is 0 Å². The van der Waals surface area contributed by atoms with Gasteiger partial charge in [0.15, 0.2) is 0 Å². The summed E-state index contributed by atoms with van der Waals surface area (Å²) in [7, 11) is 3.16. The van der Waals surface area contributed by atoms with Gasteiger partial charge in [-0.2, -0.15) is 0 Å². The highest BCUT2D eigenvalue weighted by Gasteiger charge is 2.41. The molecule has 2 rings (SSSR count). The van der Waals surface area contributed by atoms with Crippen molar-refractivity contribution < 1.29 is 33.3 Å². The van der Waals surface area contributed by atoms with E-state index >= 15 is 0 Å². The number of hydrogen-bond acceptors (Lipinski definition) is 8. The van der Waals surface area contributed by atoms with E-state index in [0.29, 0.717) is 24.6 Å². The van der Waals surface area contributed by atoms with Gasteiger partial charge in [0.2, 0.25) is 5.91 Å². The Labute approximate surface area is 176 Å². The van der Waals surface area contributed by atoms with E-state index in [2.05, 4.69) is 5.32 Å². The lowest BCUT2D eigenvalue weighted by Crippen LogP contribution is -2.44. The summed E-state index contributed by atoms with van der Waals surface area (Å²) in [6.45, 7) is 4.96. The number of carbonyl (C=O) groups excluding carboxylic acids is 3. The predicted octanol–water partition coefficient (Wildman–Crippen LogP) is 1.28. The van der Waals surface area contributed by atoms with Crippen molar-refractivity contribution >= 4 is 17.8 Å². The molecule has 9 heteroatoms. The SMILES string of the molecule is CCOC(=O)CC[C@H](NC(=O)C1CN1Cc1cc(OC)cc(OC)c1)C(=O)OCC. The maximum absolute atomic E-state index is 12.6. The molecule has 0 aliphatic carbocycles. The van der Waals surface area contributed by atoms with E-state index < -0.39 is 18.0 Å². The number of rotatable bonds is 12. The van der Waals surface area contributed by atoms with Crippen LogP contribution in [-0.2, 0) is 30.4 Å². The van der Waals surface area contributed by atoms with Gasteiger partial charge in [-0.3, -0.25) is 14.5 Å². The summed E-state index contributed by atoms with van der Waals surface area (Å²) in [4.78, 5) is 38.4. The van der Waals surface area contributed by atoms with Gasteiger partial charge >= 0.3 is 11.9 Å². The van der Waals surface area contributed by atoms with Crippen LogP contribution in [-0.4, -0.2) is 68.8 Å². The van der Waals surface area contributed by atoms with E-state index in [1.54, 1.807) is 34.1 Å². The van der Waals surface area contributed by atoms with E-state index in [1.807, 2.05) is 17.0 Å². The predicted molar refractivity (Wildman–Crippen MR) is 108 cm³/mol. The van der Waals surface area contributed by atoms with E-state index in [4.69, 9.17) is 18.9 Å². The van der Waals surface area contributed by atoms with Crippen LogP contribution >= 0.6 is 0 Å². The monoisotopic (exact) mass is 422 g/mol. The zero-order valence-electron chi connectivity index (χ0n) is 17.9. The Kier molecular flexibility index (Phi) is 8.91. The average molecular weight is 422 g/mol. The van der Waals surface area contributed by atoms with Gasteiger partial charge < -0.3 is 24.3 Å². The summed E-state index contributed by atoms with van der Waals surface area (Å²) in [5.41, 5.74) is 0.950. The number of ether oxygens (including phenoxy) is 4. The van der Waals surface area contributed by atoms with Crippen molar-refractivity contribution in [3.05, 3.63) is 23.8 Å². The molecule has 1 fully saturated rings. The molecule has 1 saturated heterocycles. The molecule has 1 amide bonds. The lowest BCUT2D eigenvalue weighted by atomic mass is 10.1. The summed E-state index contributed by atoms with van der Waals surface area (Å²) in [5.74, 6) is 0.106. The van der Waals surface area contributed by atoms with Crippen LogP contribution in [0.3, 0.4) is 0 Å². The Morgan fingerprint density at radius 2 is 1.70 bits per heavy atom. The molecule has 166 valence electrons. The van der Waals surface area contributed by atoms with Crippen molar-refractivity contribution in [3.63, 3.8) is 0 Å². The largest absolute Gasteiger partial charge is 0.497 e. The number of carbonyl (C=O) groups is 3. The summed E-state index contributed by atoms with van der Waals surface area (Å²) in [5, 5.41) is 2.71. The van der Waals surface area contributed by atoms with Crippen molar-refractivity contribution in [2.75, 3.05) is 34.0 Å². The molecule has 1 aliphatic rings. The third kappa shape index (κ3) is 6.91. The molecule has 1 heterocycles. The van der Waals surface area contributed by atoms with Crippen molar-refractivity contribution in [2.24, 2.45) is 0 Å². The third-order valence-electron chi connectivity index (χ3n) is 4.64. The van der Waals surface area contributed by atoms with Gasteiger partial charge in [-0.1, -0.05) is 0 Å². The first-order valence-corrected chi connectivity index (χ1v) is 10.00. The van der Waals surface area contributed by atoms with E-state index in [1.165, 1.54) is 0 Å². The number of nitrogens with one attached hydrogen (secondary N) is 1. The van der Waals surface area contributed by atoms with Crippen LogP contribution in [0.5, 0.6) is 11.5 Å². The quantitative estimate of drug-likeness (QED) is 0.397. The van der Waals surface area contributed by atoms with Gasteiger partial charge in [0, 0.05) is 25.6 Å². The van der Waals surface area contributed by atoms with Crippen LogP contribution in [0.2, 0.25) is 0 Å². The minimum Gasteiger partial charge on any atom is -0.497 e. The molecule has 1 aromatic carbocycles. The standard InChI is InChI=1S/C21H30N2O7/c1-5-29-19(24)8-7-17(21(26)30-6-2)22-20(25)18-13-23(18)12-14-9-15(27-3)11-16(10-14)28-4/h9-11,17-18H,5-8,12-13H2,1-4H3,(H,22,25)/t17-,18?,23?/m0/s1. The molecule has 9 nitrogen and oxygen atoms in total. The number of esters is 2. The number of amides is 1. The Morgan fingerprint density at radius 1 is 1.07 bits per heavy atom. The van der Waals surface area contributed by atoms with E-state index in [9.17, 15) is 14.4 Å². The van der Waals surface area contributed by atoms with Crippen LogP contribution in [0.1, 0.15) is 32.3 Å². The van der Waals surface area contributed by atoms with Gasteiger partial charge in [0.05, 0.1) is 27.4 Å². The molecule has 3 atom stereocenters. The summed E-state index contributed by atoms with van der Waals surface area (Å²) >= 11 is 0. The van der Waals surface area contributed by atoms with Crippen molar-refractivity contribution in [1.29, 1.82) is 0 Å². The fourth-order valence-electron chi connectivity index (χ4n) is 3.05. The van der Waals surface area contributed by atoms with Gasteiger partial charge in [-0.25, -0.2) is 4.79 Å². The van der Waals surface area contributed by atoms with Gasteiger partial charge in [0.25, 0.3) is 0 Å². The molecule has 0 spiro atoms. The molecule has 1 aliphatic heterocycles. The molecule has 1 N–H and O–H groups in total. The van der Waals surface area contributed by atoms with Gasteiger partial charge in [-0.15, -0.1) is 0 Å². The third-order valence-corrected chi connectivity index (χ3v) is 4.64. The molecule has 0 bridgehead atoms. The van der Waals surface area contributed by atoms with Gasteiger partial charge in [0.1, 0.15) is 23.6 Å². The molecule has 2 unspecified atom stereocenters. The van der Waals surface area contributed by atoms with Crippen molar-refractivity contribution in [1.82, 2.24) is 10.2 Å². The zero-order chi connectivity index (χ0) is 22.1. The lowest BCUT2D eigenvalue weighted by Gasteiger charge is -2.17. The Bertz CT molecular complexity index is 731. The van der Waals surface area contributed by atoms with Crippen LogP contribution in [0, 0.1) is 0 Å². The Hall–Kier alpha value is -2.81. The molecule has 30 heavy (non-hydrogen) atoms. The maximum Gasteiger partial charge on any atom is 0.328 e. The maximum atomic E-state index is 12.6. The Morgan fingerprint density at radius 3 is 2.27 bits per heavy atom. The van der Waals surface area contributed by atoms with Crippen LogP contribution < -0.4 is 14.8 Å². The number of methoxy groups -OCH3 is 2. The van der Waals surface area contributed by atoms with Crippen molar-refractivity contribution in [3.8, 4) is 11.5 Å². The second kappa shape index (κ2) is 11.4. The lowest BCUT2D eigenvalue weighted by molar-refractivity contribution is -0.148.